The molecule has 15 heavy (non-hydrogen) atoms. The van der Waals surface area contributed by atoms with Gasteiger partial charge in [-0.3, -0.25) is 0 Å². The van der Waals surface area contributed by atoms with Crippen LogP contribution < -0.4 is 4.72 Å². The van der Waals surface area contributed by atoms with Crippen molar-refractivity contribution in [2.45, 2.75) is 56.7 Å². The SMILES string of the molecule is CC(CCCO)NS(=O)(=O)C1CCCC1. The minimum absolute atomic E-state index is 0.0669. The van der Waals surface area contributed by atoms with Crippen molar-refractivity contribution in [1.82, 2.24) is 4.72 Å². The lowest BCUT2D eigenvalue weighted by Gasteiger charge is -2.17. The summed E-state index contributed by atoms with van der Waals surface area (Å²) in [6.45, 7) is 1.97. The first-order chi connectivity index (χ1) is 7.06. The molecule has 0 spiro atoms. The van der Waals surface area contributed by atoms with E-state index in [-0.39, 0.29) is 17.9 Å². The molecular weight excluding hydrogens is 214 g/mol. The van der Waals surface area contributed by atoms with Crippen molar-refractivity contribution >= 4 is 10.0 Å². The summed E-state index contributed by atoms with van der Waals surface area (Å²) in [7, 11) is -3.12. The largest absolute Gasteiger partial charge is 0.396 e. The van der Waals surface area contributed by atoms with Gasteiger partial charge in [0.2, 0.25) is 10.0 Å². The van der Waals surface area contributed by atoms with E-state index in [4.69, 9.17) is 5.11 Å². The minimum atomic E-state index is -3.12. The summed E-state index contributed by atoms with van der Waals surface area (Å²) in [5.74, 6) is 0. The van der Waals surface area contributed by atoms with E-state index >= 15 is 0 Å². The molecule has 5 heteroatoms. The molecule has 1 aliphatic rings. The van der Waals surface area contributed by atoms with Gasteiger partial charge in [-0.1, -0.05) is 12.8 Å². The van der Waals surface area contributed by atoms with Gasteiger partial charge in [-0.15, -0.1) is 0 Å². The average molecular weight is 235 g/mol. The molecule has 90 valence electrons. The fraction of sp³-hybridized carbons (Fsp3) is 1.00. The Balaban J connectivity index is 2.41. The van der Waals surface area contributed by atoms with Gasteiger partial charge in [-0.25, -0.2) is 13.1 Å². The first-order valence-corrected chi connectivity index (χ1v) is 7.23. The second kappa shape index (κ2) is 5.82. The highest BCUT2D eigenvalue weighted by atomic mass is 32.2. The van der Waals surface area contributed by atoms with E-state index in [1.54, 1.807) is 0 Å². The summed E-state index contributed by atoms with van der Waals surface area (Å²) in [5.41, 5.74) is 0. The Labute approximate surface area is 92.1 Å². The number of aliphatic hydroxyl groups excluding tert-OH is 1. The highest BCUT2D eigenvalue weighted by Gasteiger charge is 2.29. The van der Waals surface area contributed by atoms with Gasteiger partial charge < -0.3 is 5.11 Å². The van der Waals surface area contributed by atoms with Crippen LogP contribution in [0.25, 0.3) is 0 Å². The third kappa shape index (κ3) is 4.09. The van der Waals surface area contributed by atoms with Crippen molar-refractivity contribution in [3.05, 3.63) is 0 Å². The van der Waals surface area contributed by atoms with Crippen molar-refractivity contribution in [2.75, 3.05) is 6.61 Å². The van der Waals surface area contributed by atoms with Gasteiger partial charge in [0.05, 0.1) is 5.25 Å². The van der Waals surface area contributed by atoms with Gasteiger partial charge in [0.1, 0.15) is 0 Å². The molecule has 1 atom stereocenters. The zero-order valence-electron chi connectivity index (χ0n) is 9.28. The molecular formula is C10H21NO3S. The molecule has 1 unspecified atom stereocenters. The predicted molar refractivity (Wildman–Crippen MR) is 60.1 cm³/mol. The first kappa shape index (κ1) is 12.9. The average Bonchev–Trinajstić information content (AvgIpc) is 2.67. The molecule has 1 fully saturated rings. The van der Waals surface area contributed by atoms with Crippen LogP contribution in [-0.4, -0.2) is 31.4 Å². The zero-order chi connectivity index (χ0) is 11.3. The van der Waals surface area contributed by atoms with Crippen LogP contribution in [0.15, 0.2) is 0 Å². The number of nitrogens with one attached hydrogen (secondary N) is 1. The first-order valence-electron chi connectivity index (χ1n) is 5.68. The van der Waals surface area contributed by atoms with E-state index in [1.165, 1.54) is 0 Å². The Bertz CT molecular complexity index is 270. The van der Waals surface area contributed by atoms with E-state index in [1.807, 2.05) is 6.92 Å². The molecule has 0 bridgehead atoms. The second-order valence-electron chi connectivity index (χ2n) is 4.34. The molecule has 0 aliphatic heterocycles. The van der Waals surface area contributed by atoms with Gasteiger partial charge in [-0.2, -0.15) is 0 Å². The molecule has 1 saturated carbocycles. The van der Waals surface area contributed by atoms with Gasteiger partial charge >= 0.3 is 0 Å². The van der Waals surface area contributed by atoms with Crippen LogP contribution in [0.3, 0.4) is 0 Å². The summed E-state index contributed by atoms with van der Waals surface area (Å²) >= 11 is 0. The minimum Gasteiger partial charge on any atom is -0.396 e. The Kier molecular flexibility index (Phi) is 5.02. The molecule has 1 aliphatic carbocycles. The topological polar surface area (TPSA) is 66.4 Å². The Morgan fingerprint density at radius 2 is 2.00 bits per heavy atom. The highest BCUT2D eigenvalue weighted by molar-refractivity contribution is 7.90. The molecule has 0 aromatic heterocycles. The van der Waals surface area contributed by atoms with Crippen LogP contribution in [0.2, 0.25) is 0 Å². The maximum absolute atomic E-state index is 11.8. The normalized spacial score (nSPS) is 20.7. The van der Waals surface area contributed by atoms with Crippen LogP contribution in [0.4, 0.5) is 0 Å². The standard InChI is InChI=1S/C10H21NO3S/c1-9(5-4-8-12)11-15(13,14)10-6-2-3-7-10/h9-12H,2-8H2,1H3. The smallest absolute Gasteiger partial charge is 0.214 e. The van der Waals surface area contributed by atoms with Crippen molar-refractivity contribution in [2.24, 2.45) is 0 Å². The van der Waals surface area contributed by atoms with Crippen molar-refractivity contribution in [3.8, 4) is 0 Å². The lowest BCUT2D eigenvalue weighted by molar-refractivity contribution is 0.279. The number of aliphatic hydroxyl groups is 1. The van der Waals surface area contributed by atoms with Gasteiger partial charge in [0, 0.05) is 12.6 Å². The molecule has 0 heterocycles. The van der Waals surface area contributed by atoms with E-state index in [0.717, 1.165) is 25.7 Å². The molecule has 1 rings (SSSR count). The molecule has 0 radical (unpaired) electrons. The van der Waals surface area contributed by atoms with Crippen molar-refractivity contribution < 1.29 is 13.5 Å². The van der Waals surface area contributed by atoms with Gasteiger partial charge in [-0.05, 0) is 32.6 Å². The zero-order valence-corrected chi connectivity index (χ0v) is 10.1. The molecule has 0 aromatic carbocycles. The second-order valence-corrected chi connectivity index (χ2v) is 6.33. The van der Waals surface area contributed by atoms with E-state index in [2.05, 4.69) is 4.72 Å². The molecule has 0 saturated heterocycles. The Morgan fingerprint density at radius 3 is 2.53 bits per heavy atom. The summed E-state index contributed by atoms with van der Waals surface area (Å²) < 4.78 is 26.4. The lowest BCUT2D eigenvalue weighted by atomic mass is 10.2. The fourth-order valence-corrected chi connectivity index (χ4v) is 3.86. The van der Waals surface area contributed by atoms with Crippen LogP contribution in [0.5, 0.6) is 0 Å². The monoisotopic (exact) mass is 235 g/mol. The highest BCUT2D eigenvalue weighted by Crippen LogP contribution is 2.24. The van der Waals surface area contributed by atoms with E-state index in [0.29, 0.717) is 12.8 Å². The number of rotatable bonds is 6. The number of sulfonamides is 1. The molecule has 0 aromatic rings. The van der Waals surface area contributed by atoms with Crippen LogP contribution in [0.1, 0.15) is 45.4 Å². The summed E-state index contributed by atoms with van der Waals surface area (Å²) in [5, 5.41) is 8.46. The number of hydrogen-bond acceptors (Lipinski definition) is 3. The van der Waals surface area contributed by atoms with Crippen LogP contribution in [0, 0.1) is 0 Å². The predicted octanol–water partition coefficient (Wildman–Crippen LogP) is 1.01. The Hall–Kier alpha value is -0.130. The third-order valence-electron chi connectivity index (χ3n) is 2.90. The quantitative estimate of drug-likeness (QED) is 0.722. The number of hydrogen-bond donors (Lipinski definition) is 2. The van der Waals surface area contributed by atoms with Crippen molar-refractivity contribution in [3.63, 3.8) is 0 Å². The molecule has 0 amide bonds. The van der Waals surface area contributed by atoms with E-state index in [9.17, 15) is 8.42 Å². The molecule has 2 N–H and O–H groups in total. The summed E-state index contributed by atoms with van der Waals surface area (Å²) in [4.78, 5) is 0. The third-order valence-corrected chi connectivity index (χ3v) is 4.98. The molecule has 4 nitrogen and oxygen atoms in total. The Morgan fingerprint density at radius 1 is 1.40 bits per heavy atom. The maximum Gasteiger partial charge on any atom is 0.214 e. The van der Waals surface area contributed by atoms with Gasteiger partial charge in [0.25, 0.3) is 0 Å². The summed E-state index contributed by atoms with van der Waals surface area (Å²) in [6.07, 6.45) is 4.98. The van der Waals surface area contributed by atoms with Crippen LogP contribution in [-0.2, 0) is 10.0 Å². The fourth-order valence-electron chi connectivity index (χ4n) is 2.03. The lowest BCUT2D eigenvalue weighted by Crippen LogP contribution is -2.38. The van der Waals surface area contributed by atoms with Crippen molar-refractivity contribution in [1.29, 1.82) is 0 Å². The van der Waals surface area contributed by atoms with Crippen LogP contribution >= 0.6 is 0 Å². The maximum atomic E-state index is 11.8. The van der Waals surface area contributed by atoms with E-state index < -0.39 is 10.0 Å². The van der Waals surface area contributed by atoms with Gasteiger partial charge in [0.15, 0.2) is 0 Å². The summed E-state index contributed by atoms with van der Waals surface area (Å²) in [6, 6.07) is -0.0669.